The van der Waals surface area contributed by atoms with Gasteiger partial charge in [0, 0.05) is 27.7 Å². The predicted octanol–water partition coefficient (Wildman–Crippen LogP) is 3.74. The van der Waals surface area contributed by atoms with Crippen LogP contribution in [0, 0.1) is 10.5 Å². The van der Waals surface area contributed by atoms with E-state index in [-0.39, 0.29) is 18.2 Å². The van der Waals surface area contributed by atoms with Gasteiger partial charge in [0.05, 0.1) is 6.04 Å². The van der Waals surface area contributed by atoms with E-state index in [0.29, 0.717) is 11.6 Å². The first-order valence-electron chi connectivity index (χ1n) is 7.92. The molecule has 3 rings (SSSR count). The molecule has 0 saturated heterocycles. The lowest BCUT2D eigenvalue weighted by Gasteiger charge is -2.19. The van der Waals surface area contributed by atoms with Crippen molar-refractivity contribution in [1.29, 1.82) is 0 Å². The summed E-state index contributed by atoms with van der Waals surface area (Å²) in [5.74, 6) is 1.11. The van der Waals surface area contributed by atoms with Crippen molar-refractivity contribution in [2.45, 2.75) is 26.5 Å². The molecule has 2 heterocycles. The average Bonchev–Trinajstić information content (AvgIpc) is 2.61. The van der Waals surface area contributed by atoms with Gasteiger partial charge in [-0.15, -0.1) is 0 Å². The summed E-state index contributed by atoms with van der Waals surface area (Å²) in [6, 6.07) is 13.3. The fraction of sp³-hybridized carbons (Fsp3) is 0.211. The molecule has 0 radical (unpaired) electrons. The first-order valence-corrected chi connectivity index (χ1v) is 9.00. The first-order chi connectivity index (χ1) is 12.0. The van der Waals surface area contributed by atoms with Crippen molar-refractivity contribution in [2.75, 3.05) is 0 Å². The summed E-state index contributed by atoms with van der Waals surface area (Å²) in [5.41, 5.74) is 1.86. The minimum Gasteiger partial charge on any atom is -0.485 e. The Hall–Kier alpha value is -2.22. The fourth-order valence-electron chi connectivity index (χ4n) is 2.70. The molecule has 25 heavy (non-hydrogen) atoms. The Labute approximate surface area is 159 Å². The Balaban J connectivity index is 1.82. The molecule has 0 saturated carbocycles. The number of nitrogens with zero attached hydrogens (tertiary/aromatic N) is 3. The van der Waals surface area contributed by atoms with E-state index < -0.39 is 0 Å². The Morgan fingerprint density at radius 2 is 1.84 bits per heavy atom. The maximum atomic E-state index is 12.6. The largest absolute Gasteiger partial charge is 0.485 e. The third-order valence-electron chi connectivity index (χ3n) is 3.96. The van der Waals surface area contributed by atoms with Gasteiger partial charge in [-0.1, -0.05) is 12.1 Å². The first kappa shape index (κ1) is 17.6. The summed E-state index contributed by atoms with van der Waals surface area (Å²) in [5, 5.41) is 0. The van der Waals surface area contributed by atoms with Gasteiger partial charge >= 0.3 is 0 Å². The minimum atomic E-state index is -0.0879. The van der Waals surface area contributed by atoms with Gasteiger partial charge in [0.15, 0.2) is 5.82 Å². The van der Waals surface area contributed by atoms with Crippen LogP contribution in [0.25, 0.3) is 0 Å². The van der Waals surface area contributed by atoms with Gasteiger partial charge in [0.25, 0.3) is 5.56 Å². The lowest BCUT2D eigenvalue weighted by molar-refractivity contribution is 0.294. The number of ether oxygens (including phenoxy) is 1. The van der Waals surface area contributed by atoms with Crippen molar-refractivity contribution in [3.8, 4) is 5.75 Å². The maximum Gasteiger partial charge on any atom is 0.254 e. The molecule has 0 N–H and O–H groups in total. The lowest BCUT2D eigenvalue weighted by atomic mass is 10.1. The standard InChI is InChI=1S/C19H18IN3O2/c1-13-10-17(25-12-18-21-8-3-9-22-18)11-19(24)23(13)14(2)15-4-6-16(20)7-5-15/h3-11,14H,12H2,1-2H3. The monoisotopic (exact) mass is 447 g/mol. The highest BCUT2D eigenvalue weighted by atomic mass is 127. The highest BCUT2D eigenvalue weighted by molar-refractivity contribution is 14.1. The van der Waals surface area contributed by atoms with E-state index in [4.69, 9.17) is 4.74 Å². The van der Waals surface area contributed by atoms with Crippen LogP contribution in [-0.2, 0) is 6.61 Å². The average molecular weight is 447 g/mol. The van der Waals surface area contributed by atoms with Gasteiger partial charge in [-0.05, 0) is 66.3 Å². The number of aryl methyl sites for hydroxylation is 1. The van der Waals surface area contributed by atoms with Crippen molar-refractivity contribution < 1.29 is 4.74 Å². The second-order valence-electron chi connectivity index (χ2n) is 5.72. The molecule has 5 nitrogen and oxygen atoms in total. The summed E-state index contributed by atoms with van der Waals surface area (Å²) in [6.45, 7) is 4.17. The molecule has 0 amide bonds. The highest BCUT2D eigenvalue weighted by Crippen LogP contribution is 2.21. The van der Waals surface area contributed by atoms with Crippen LogP contribution in [-0.4, -0.2) is 14.5 Å². The Bertz CT molecular complexity index is 908. The molecule has 1 aromatic carbocycles. The van der Waals surface area contributed by atoms with Gasteiger partial charge < -0.3 is 9.30 Å². The van der Waals surface area contributed by atoms with Crippen LogP contribution in [0.3, 0.4) is 0 Å². The van der Waals surface area contributed by atoms with E-state index in [2.05, 4.69) is 44.7 Å². The Morgan fingerprint density at radius 1 is 1.16 bits per heavy atom. The lowest BCUT2D eigenvalue weighted by Crippen LogP contribution is -2.25. The van der Waals surface area contributed by atoms with Crippen molar-refractivity contribution in [3.63, 3.8) is 0 Å². The maximum absolute atomic E-state index is 12.6. The third-order valence-corrected chi connectivity index (χ3v) is 4.68. The quantitative estimate of drug-likeness (QED) is 0.560. The number of halogens is 1. The van der Waals surface area contributed by atoms with E-state index >= 15 is 0 Å². The van der Waals surface area contributed by atoms with Gasteiger partial charge in [0.2, 0.25) is 0 Å². The van der Waals surface area contributed by atoms with E-state index in [1.807, 2.05) is 32.0 Å². The molecular weight excluding hydrogens is 429 g/mol. The normalized spacial score (nSPS) is 12.0. The van der Waals surface area contributed by atoms with Crippen molar-refractivity contribution in [2.24, 2.45) is 0 Å². The zero-order valence-corrected chi connectivity index (χ0v) is 16.2. The van der Waals surface area contributed by atoms with Gasteiger partial charge in [-0.25, -0.2) is 9.97 Å². The van der Waals surface area contributed by atoms with E-state index in [1.165, 1.54) is 9.64 Å². The topological polar surface area (TPSA) is 57.0 Å². The summed E-state index contributed by atoms with van der Waals surface area (Å²) in [6.07, 6.45) is 3.33. The second-order valence-corrected chi connectivity index (χ2v) is 6.97. The summed E-state index contributed by atoms with van der Waals surface area (Å²) in [7, 11) is 0. The van der Waals surface area contributed by atoms with Crippen molar-refractivity contribution in [3.05, 3.63) is 85.9 Å². The molecule has 3 aromatic rings. The Kier molecular flexibility index (Phi) is 5.47. The minimum absolute atomic E-state index is 0.0454. The number of hydrogen-bond acceptors (Lipinski definition) is 4. The molecule has 6 heteroatoms. The van der Waals surface area contributed by atoms with E-state index in [9.17, 15) is 4.79 Å². The van der Waals surface area contributed by atoms with Crippen LogP contribution < -0.4 is 10.3 Å². The Morgan fingerprint density at radius 3 is 2.48 bits per heavy atom. The second kappa shape index (κ2) is 7.77. The molecule has 0 aliphatic heterocycles. The molecule has 0 aliphatic carbocycles. The van der Waals surface area contributed by atoms with Crippen molar-refractivity contribution >= 4 is 22.6 Å². The number of hydrogen-bond donors (Lipinski definition) is 0. The zero-order valence-electron chi connectivity index (χ0n) is 14.0. The third kappa shape index (κ3) is 4.25. The fourth-order valence-corrected chi connectivity index (χ4v) is 3.06. The van der Waals surface area contributed by atoms with Gasteiger partial charge in [-0.2, -0.15) is 0 Å². The van der Waals surface area contributed by atoms with Crippen LogP contribution in [0.4, 0.5) is 0 Å². The van der Waals surface area contributed by atoms with Crippen LogP contribution in [0.1, 0.15) is 30.0 Å². The summed E-state index contributed by atoms with van der Waals surface area (Å²) >= 11 is 2.27. The summed E-state index contributed by atoms with van der Waals surface area (Å²) < 4.78 is 8.61. The number of benzene rings is 1. The highest BCUT2D eigenvalue weighted by Gasteiger charge is 2.13. The predicted molar refractivity (Wildman–Crippen MR) is 105 cm³/mol. The molecule has 2 aromatic heterocycles. The zero-order chi connectivity index (χ0) is 17.8. The molecule has 0 spiro atoms. The van der Waals surface area contributed by atoms with E-state index in [1.54, 1.807) is 23.0 Å². The molecule has 128 valence electrons. The summed E-state index contributed by atoms with van der Waals surface area (Å²) in [4.78, 5) is 20.8. The number of rotatable bonds is 5. The van der Waals surface area contributed by atoms with Gasteiger partial charge in [0.1, 0.15) is 12.4 Å². The van der Waals surface area contributed by atoms with Crippen LogP contribution in [0.5, 0.6) is 5.75 Å². The smallest absolute Gasteiger partial charge is 0.254 e. The van der Waals surface area contributed by atoms with Gasteiger partial charge in [-0.3, -0.25) is 4.79 Å². The van der Waals surface area contributed by atoms with Crippen LogP contribution >= 0.6 is 22.6 Å². The molecule has 0 bridgehead atoms. The SMILES string of the molecule is Cc1cc(OCc2ncccn2)cc(=O)n1C(C)c1ccc(I)cc1. The molecule has 0 aliphatic rings. The molecule has 1 unspecified atom stereocenters. The number of pyridine rings is 1. The van der Waals surface area contributed by atoms with Crippen LogP contribution in [0.15, 0.2) is 59.7 Å². The number of aromatic nitrogens is 3. The van der Waals surface area contributed by atoms with Crippen LogP contribution in [0.2, 0.25) is 0 Å². The van der Waals surface area contributed by atoms with Crippen molar-refractivity contribution in [1.82, 2.24) is 14.5 Å². The molecule has 0 fully saturated rings. The molecular formula is C19H18IN3O2. The molecule has 1 atom stereocenters. The van der Waals surface area contributed by atoms with E-state index in [0.717, 1.165) is 11.3 Å².